The number of hydrogen-bond donors (Lipinski definition) is 2. The third-order valence-corrected chi connectivity index (χ3v) is 5.76. The summed E-state index contributed by atoms with van der Waals surface area (Å²) in [6, 6.07) is 24.2. The molecule has 1 aromatic heterocycles. The average Bonchev–Trinajstić information content (AvgIpc) is 3.19. The van der Waals surface area contributed by atoms with Gasteiger partial charge in [-0.15, -0.1) is 11.8 Å². The van der Waals surface area contributed by atoms with E-state index in [1.165, 1.54) is 11.8 Å². The maximum Gasteiger partial charge on any atom is 0.293 e. The summed E-state index contributed by atoms with van der Waals surface area (Å²) in [5.74, 6) is 1.09. The zero-order valence-corrected chi connectivity index (χ0v) is 18.3. The first-order chi connectivity index (χ1) is 15.6. The standard InChI is InChI=1S/C25H22N2O4S/c1-30-19-13-11-18(12-14-19)26-25(29)24-23(20-9-5-6-10-21(20)31-24)27-22(28)16-32-15-17-7-3-2-4-8-17/h2-14H,15-16H2,1H3,(H,26,29)(H,27,28). The Balaban J connectivity index is 1.49. The van der Waals surface area contributed by atoms with E-state index in [1.807, 2.05) is 48.5 Å². The lowest BCUT2D eigenvalue weighted by atomic mass is 10.2. The molecule has 0 spiro atoms. The van der Waals surface area contributed by atoms with E-state index in [1.54, 1.807) is 37.4 Å². The SMILES string of the molecule is COc1ccc(NC(=O)c2oc3ccccc3c2NC(=O)CSCc2ccccc2)cc1. The number of methoxy groups -OCH3 is 1. The third-order valence-electron chi connectivity index (χ3n) is 4.76. The lowest BCUT2D eigenvalue weighted by Crippen LogP contribution is -2.18. The second-order valence-electron chi connectivity index (χ2n) is 7.01. The molecular formula is C25H22N2O4S. The monoisotopic (exact) mass is 446 g/mol. The zero-order chi connectivity index (χ0) is 22.3. The fourth-order valence-electron chi connectivity index (χ4n) is 3.20. The van der Waals surface area contributed by atoms with Crippen molar-refractivity contribution in [2.45, 2.75) is 5.75 Å². The van der Waals surface area contributed by atoms with Crippen LogP contribution < -0.4 is 15.4 Å². The molecule has 1 heterocycles. The number of carbonyl (C=O) groups is 2. The molecule has 0 radical (unpaired) electrons. The first-order valence-corrected chi connectivity index (χ1v) is 11.2. The number of amides is 2. The van der Waals surface area contributed by atoms with Crippen LogP contribution in [0.25, 0.3) is 11.0 Å². The second kappa shape index (κ2) is 10.1. The van der Waals surface area contributed by atoms with Crippen LogP contribution in [0.1, 0.15) is 16.1 Å². The van der Waals surface area contributed by atoms with Crippen molar-refractivity contribution in [2.24, 2.45) is 0 Å². The molecule has 0 atom stereocenters. The van der Waals surface area contributed by atoms with Gasteiger partial charge < -0.3 is 19.8 Å². The van der Waals surface area contributed by atoms with E-state index in [9.17, 15) is 9.59 Å². The normalized spacial score (nSPS) is 10.7. The van der Waals surface area contributed by atoms with Crippen LogP contribution in [0.3, 0.4) is 0 Å². The Morgan fingerprint density at radius 3 is 2.38 bits per heavy atom. The van der Waals surface area contributed by atoms with E-state index in [-0.39, 0.29) is 17.4 Å². The highest BCUT2D eigenvalue weighted by Crippen LogP contribution is 2.32. The first-order valence-electron chi connectivity index (χ1n) is 10.0. The molecular weight excluding hydrogens is 424 g/mol. The van der Waals surface area contributed by atoms with Crippen LogP contribution in [-0.4, -0.2) is 24.7 Å². The minimum absolute atomic E-state index is 0.0587. The van der Waals surface area contributed by atoms with Gasteiger partial charge in [0.25, 0.3) is 5.91 Å². The van der Waals surface area contributed by atoms with Crippen LogP contribution in [0.15, 0.2) is 83.3 Å². The van der Waals surface area contributed by atoms with Crippen molar-refractivity contribution in [3.63, 3.8) is 0 Å². The summed E-state index contributed by atoms with van der Waals surface area (Å²) in [6.45, 7) is 0. The van der Waals surface area contributed by atoms with E-state index in [0.717, 1.165) is 11.3 Å². The van der Waals surface area contributed by atoms with Gasteiger partial charge in [-0.1, -0.05) is 42.5 Å². The third kappa shape index (κ3) is 5.12. The Kier molecular flexibility index (Phi) is 6.77. The van der Waals surface area contributed by atoms with Crippen LogP contribution >= 0.6 is 11.8 Å². The van der Waals surface area contributed by atoms with Crippen molar-refractivity contribution in [3.8, 4) is 5.75 Å². The van der Waals surface area contributed by atoms with Crippen molar-refractivity contribution >= 4 is 45.9 Å². The van der Waals surface area contributed by atoms with Gasteiger partial charge in [-0.05, 0) is 42.0 Å². The molecule has 0 aliphatic heterocycles. The van der Waals surface area contributed by atoms with Crippen LogP contribution in [0, 0.1) is 0 Å². The molecule has 0 aliphatic carbocycles. The number of hydrogen-bond acceptors (Lipinski definition) is 5. The van der Waals surface area contributed by atoms with Crippen LogP contribution in [0.5, 0.6) is 5.75 Å². The molecule has 0 saturated heterocycles. The molecule has 4 rings (SSSR count). The number of thioether (sulfide) groups is 1. The number of ether oxygens (including phenoxy) is 1. The molecule has 0 fully saturated rings. The van der Waals surface area contributed by atoms with Gasteiger partial charge in [0.05, 0.1) is 12.9 Å². The van der Waals surface area contributed by atoms with Crippen molar-refractivity contribution in [1.29, 1.82) is 0 Å². The summed E-state index contributed by atoms with van der Waals surface area (Å²) in [6.07, 6.45) is 0. The molecule has 3 aromatic carbocycles. The van der Waals surface area contributed by atoms with E-state index in [4.69, 9.17) is 9.15 Å². The van der Waals surface area contributed by atoms with Gasteiger partial charge in [0.1, 0.15) is 17.0 Å². The number of anilines is 2. The fourth-order valence-corrected chi connectivity index (χ4v) is 3.99. The molecule has 2 N–H and O–H groups in total. The van der Waals surface area contributed by atoms with Crippen molar-refractivity contribution in [1.82, 2.24) is 0 Å². The largest absolute Gasteiger partial charge is 0.497 e. The fraction of sp³-hybridized carbons (Fsp3) is 0.120. The number of carbonyl (C=O) groups excluding carboxylic acids is 2. The van der Waals surface area contributed by atoms with Gasteiger partial charge in [-0.2, -0.15) is 0 Å². The van der Waals surface area contributed by atoms with Gasteiger partial charge in [-0.3, -0.25) is 9.59 Å². The van der Waals surface area contributed by atoms with Crippen LogP contribution in [0.2, 0.25) is 0 Å². The van der Waals surface area contributed by atoms with Crippen LogP contribution in [-0.2, 0) is 10.5 Å². The minimum Gasteiger partial charge on any atom is -0.497 e. The molecule has 0 unspecified atom stereocenters. The number of rotatable bonds is 8. The Morgan fingerprint density at radius 2 is 1.62 bits per heavy atom. The molecule has 2 amide bonds. The summed E-state index contributed by atoms with van der Waals surface area (Å²) in [4.78, 5) is 25.6. The number of benzene rings is 3. The average molecular weight is 447 g/mol. The van der Waals surface area contributed by atoms with Gasteiger partial charge >= 0.3 is 0 Å². The van der Waals surface area contributed by atoms with Gasteiger partial charge in [0, 0.05) is 16.8 Å². The summed E-state index contributed by atoms with van der Waals surface area (Å²) in [7, 11) is 1.58. The van der Waals surface area contributed by atoms with E-state index >= 15 is 0 Å². The Hall–Kier alpha value is -3.71. The molecule has 162 valence electrons. The minimum atomic E-state index is -0.446. The smallest absolute Gasteiger partial charge is 0.293 e. The predicted octanol–water partition coefficient (Wildman–Crippen LogP) is 5.57. The quantitative estimate of drug-likeness (QED) is 0.370. The van der Waals surface area contributed by atoms with Crippen molar-refractivity contribution in [2.75, 3.05) is 23.5 Å². The van der Waals surface area contributed by atoms with E-state index in [0.29, 0.717) is 28.1 Å². The topological polar surface area (TPSA) is 80.6 Å². The van der Waals surface area contributed by atoms with Gasteiger partial charge in [0.2, 0.25) is 11.7 Å². The van der Waals surface area contributed by atoms with Crippen LogP contribution in [0.4, 0.5) is 11.4 Å². The molecule has 6 nitrogen and oxygen atoms in total. The molecule has 4 aromatic rings. The maximum atomic E-state index is 12.9. The molecule has 0 saturated carbocycles. The summed E-state index contributed by atoms with van der Waals surface area (Å²) >= 11 is 1.51. The Bertz CT molecular complexity index is 1220. The molecule has 0 aliphatic rings. The second-order valence-corrected chi connectivity index (χ2v) is 8.00. The maximum absolute atomic E-state index is 12.9. The lowest BCUT2D eigenvalue weighted by molar-refractivity contribution is -0.113. The Morgan fingerprint density at radius 1 is 0.906 bits per heavy atom. The van der Waals surface area contributed by atoms with Crippen molar-refractivity contribution in [3.05, 3.63) is 90.2 Å². The van der Waals surface area contributed by atoms with Gasteiger partial charge in [0.15, 0.2) is 0 Å². The first kappa shape index (κ1) is 21.5. The van der Waals surface area contributed by atoms with E-state index in [2.05, 4.69) is 10.6 Å². The highest BCUT2D eigenvalue weighted by atomic mass is 32.2. The highest BCUT2D eigenvalue weighted by molar-refractivity contribution is 7.99. The van der Waals surface area contributed by atoms with Gasteiger partial charge in [-0.25, -0.2) is 0 Å². The highest BCUT2D eigenvalue weighted by Gasteiger charge is 2.22. The lowest BCUT2D eigenvalue weighted by Gasteiger charge is -2.08. The summed E-state index contributed by atoms with van der Waals surface area (Å²) in [5.41, 5.74) is 2.64. The number of nitrogens with one attached hydrogen (secondary N) is 2. The molecule has 32 heavy (non-hydrogen) atoms. The van der Waals surface area contributed by atoms with Crippen molar-refractivity contribution < 1.29 is 18.7 Å². The summed E-state index contributed by atoms with van der Waals surface area (Å²) < 4.78 is 10.9. The predicted molar refractivity (Wildman–Crippen MR) is 128 cm³/mol. The Labute approximate surface area is 190 Å². The summed E-state index contributed by atoms with van der Waals surface area (Å²) in [5, 5.41) is 6.35. The number of furan rings is 1. The number of para-hydroxylation sites is 1. The molecule has 0 bridgehead atoms. The zero-order valence-electron chi connectivity index (χ0n) is 17.5. The van der Waals surface area contributed by atoms with E-state index < -0.39 is 5.91 Å². The number of fused-ring (bicyclic) bond motifs is 1. The molecule has 7 heteroatoms.